The van der Waals surface area contributed by atoms with E-state index >= 15 is 0 Å². The summed E-state index contributed by atoms with van der Waals surface area (Å²) in [7, 11) is 1.69. The van der Waals surface area contributed by atoms with Gasteiger partial charge in [-0.2, -0.15) is 0 Å². The van der Waals surface area contributed by atoms with Gasteiger partial charge in [-0.05, 0) is 230 Å². The Kier molecular flexibility index (Phi) is 37.1. The standard InChI is InChI=1S/C16H19N.C15H16O.2C15H16.C14H15N.C14H14.C13H12.C12H11N/c1-16(2,3)14-9-7-13(8-10-14)12-15-6-4-5-11-17-15;1-12-3-5-13(6-4-12)11-14-7-9-15(16-2)10-8-14;1-12-7-6-10-15(13(12)2)11-14-8-4-3-5-9-14;1-12-8-13(2)10-15(9-12)11-14-6-4-3-5-7-14;1-11-7-12(2)9-13(8-11)10-14-5-3-4-6-15-14;1-12-6-5-9-14(10-12)11-13-7-3-2-4-8-13;1-3-7-12(8-4-1)11-13-9-5-2-6-10-13;1-2-6-11(7-3-1)10-12-8-4-5-9-13-12/h4-11H,12H2,1-3H3;3-10H,11H2,1-2H3;2*3-10H,11H2,1-2H3;3-9H,10H2,1-2H3;2-10H,11H2,1H3;1-10H,11H2;1-9H,10H2. The SMILES string of the molecule is CC(C)(C)c1ccc(Cc2ccccn2)cc1.COc1ccc(Cc2ccc(C)cc2)cc1.Cc1cc(C)cc(Cc2ccccc2)c1.Cc1cc(C)cc(Cc2ccccn2)c1.Cc1cccc(Cc2ccccc2)c1.Cc1cccc(Cc2ccccc2)c1C.c1ccc(Cc2ccccc2)cc1.c1ccc(Cc2ccccn2)cc1. The van der Waals surface area contributed by atoms with E-state index in [1.807, 2.05) is 79.3 Å². The van der Waals surface area contributed by atoms with Crippen LogP contribution in [0, 0.1) is 55.4 Å². The van der Waals surface area contributed by atoms with Crippen LogP contribution in [0.3, 0.4) is 0 Å². The van der Waals surface area contributed by atoms with Crippen molar-refractivity contribution in [3.8, 4) is 5.75 Å². The first-order valence-electron chi connectivity index (χ1n) is 41.3. The molecule has 0 unspecified atom stereocenters. The highest BCUT2D eigenvalue weighted by atomic mass is 16.5. The number of methoxy groups -OCH3 is 1. The molecule has 0 spiro atoms. The van der Waals surface area contributed by atoms with Gasteiger partial charge in [0.25, 0.3) is 0 Å². The molecular weight excluding hydrogens is 1430 g/mol. The molecule has 0 aliphatic heterocycles. The number of hydrogen-bond acceptors (Lipinski definition) is 4. The molecule has 13 aromatic carbocycles. The normalized spacial score (nSPS) is 10.3. The van der Waals surface area contributed by atoms with Gasteiger partial charge in [0.15, 0.2) is 0 Å². The van der Waals surface area contributed by atoms with Crippen molar-refractivity contribution in [1.29, 1.82) is 0 Å². The topological polar surface area (TPSA) is 47.9 Å². The van der Waals surface area contributed by atoms with E-state index in [9.17, 15) is 0 Å². The first-order valence-corrected chi connectivity index (χ1v) is 41.3. The second-order valence-electron chi connectivity index (χ2n) is 31.4. The highest BCUT2D eigenvalue weighted by molar-refractivity contribution is 5.40. The summed E-state index contributed by atoms with van der Waals surface area (Å²) in [5, 5.41) is 0. The molecule has 0 amide bonds. The summed E-state index contributed by atoms with van der Waals surface area (Å²) in [6.45, 7) is 23.9. The second kappa shape index (κ2) is 49.1. The fourth-order valence-electron chi connectivity index (χ4n) is 13.6. The number of pyridine rings is 3. The van der Waals surface area contributed by atoms with Crippen molar-refractivity contribution in [3.63, 3.8) is 0 Å². The van der Waals surface area contributed by atoms with Crippen LogP contribution in [0.2, 0.25) is 0 Å². The highest BCUT2D eigenvalue weighted by Gasteiger charge is 2.13. The van der Waals surface area contributed by atoms with E-state index in [0.717, 1.165) is 74.2 Å². The van der Waals surface area contributed by atoms with Crippen molar-refractivity contribution in [2.45, 2.75) is 133 Å². The van der Waals surface area contributed by atoms with Gasteiger partial charge in [0.1, 0.15) is 5.75 Å². The Balaban J connectivity index is 0.000000154. The van der Waals surface area contributed by atoms with Crippen molar-refractivity contribution >= 4 is 0 Å². The van der Waals surface area contributed by atoms with Crippen LogP contribution in [0.15, 0.2) is 407 Å². The van der Waals surface area contributed by atoms with Crippen LogP contribution in [0.1, 0.15) is 160 Å². The summed E-state index contributed by atoms with van der Waals surface area (Å²) in [5.41, 5.74) is 33.4. The number of ether oxygens (including phenoxy) is 1. The van der Waals surface area contributed by atoms with Crippen LogP contribution in [-0.2, 0) is 56.8 Å². The van der Waals surface area contributed by atoms with Crippen molar-refractivity contribution in [3.05, 3.63) is 546 Å². The first kappa shape index (κ1) is 89.0. The number of rotatable bonds is 17. The number of aromatic nitrogens is 3. The maximum absolute atomic E-state index is 5.14. The number of hydrogen-bond donors (Lipinski definition) is 0. The molecule has 0 fully saturated rings. The van der Waals surface area contributed by atoms with Gasteiger partial charge in [0, 0.05) is 54.9 Å². The Morgan fingerprint density at radius 1 is 0.220 bits per heavy atom. The van der Waals surface area contributed by atoms with E-state index in [0.29, 0.717) is 0 Å². The molecule has 0 atom stereocenters. The van der Waals surface area contributed by atoms with Crippen LogP contribution in [0.4, 0.5) is 0 Å². The van der Waals surface area contributed by atoms with Gasteiger partial charge >= 0.3 is 0 Å². The Morgan fingerprint density at radius 2 is 0.508 bits per heavy atom. The van der Waals surface area contributed by atoms with Crippen molar-refractivity contribution < 1.29 is 4.74 Å². The van der Waals surface area contributed by atoms with E-state index < -0.39 is 0 Å². The quantitative estimate of drug-likeness (QED) is 0.0912. The zero-order chi connectivity index (χ0) is 83.4. The molecule has 3 heterocycles. The molecule has 0 bridgehead atoms. The van der Waals surface area contributed by atoms with Crippen LogP contribution in [0.25, 0.3) is 0 Å². The molecule has 16 aromatic rings. The lowest BCUT2D eigenvalue weighted by atomic mass is 9.86. The molecular formula is C114H119N3O. The summed E-state index contributed by atoms with van der Waals surface area (Å²) in [6, 6.07) is 136. The zero-order valence-corrected chi connectivity index (χ0v) is 71.6. The van der Waals surface area contributed by atoms with Crippen LogP contribution in [0.5, 0.6) is 5.75 Å². The maximum Gasteiger partial charge on any atom is 0.118 e. The average Bonchev–Trinajstić information content (AvgIpc) is 0.857. The average molecular weight is 1550 g/mol. The zero-order valence-electron chi connectivity index (χ0n) is 71.6. The predicted molar refractivity (Wildman–Crippen MR) is 502 cm³/mol. The molecule has 4 nitrogen and oxygen atoms in total. The molecule has 0 radical (unpaired) electrons. The van der Waals surface area contributed by atoms with Gasteiger partial charge in [0.05, 0.1) is 7.11 Å². The minimum atomic E-state index is 0.226. The molecule has 0 N–H and O–H groups in total. The Hall–Kier alpha value is -12.9. The summed E-state index contributed by atoms with van der Waals surface area (Å²) in [5.74, 6) is 0.910. The molecule has 118 heavy (non-hydrogen) atoms. The van der Waals surface area contributed by atoms with E-state index in [1.54, 1.807) is 7.11 Å². The fraction of sp³-hybridized carbons (Fsp3) is 0.184. The number of aryl methyl sites for hydroxylation is 7. The van der Waals surface area contributed by atoms with Gasteiger partial charge in [0.2, 0.25) is 0 Å². The van der Waals surface area contributed by atoms with E-state index in [4.69, 9.17) is 4.74 Å². The minimum Gasteiger partial charge on any atom is -0.497 e. The van der Waals surface area contributed by atoms with E-state index in [1.165, 1.54) is 122 Å². The Morgan fingerprint density at radius 3 is 0.873 bits per heavy atom. The van der Waals surface area contributed by atoms with Crippen LogP contribution in [-0.4, -0.2) is 22.1 Å². The lowest BCUT2D eigenvalue weighted by Gasteiger charge is -2.19. The van der Waals surface area contributed by atoms with Crippen LogP contribution >= 0.6 is 0 Å². The highest BCUT2D eigenvalue weighted by Crippen LogP contribution is 2.24. The Labute approximate surface area is 707 Å². The molecule has 0 aliphatic rings. The predicted octanol–water partition coefficient (Wildman–Crippen LogP) is 28.2. The Bertz CT molecular complexity index is 5130. The molecule has 4 heteroatoms. The third-order valence-electron chi connectivity index (χ3n) is 19.9. The summed E-state index contributed by atoms with van der Waals surface area (Å²) in [6.07, 6.45) is 13.4. The van der Waals surface area contributed by atoms with Gasteiger partial charge in [-0.25, -0.2) is 0 Å². The van der Waals surface area contributed by atoms with Crippen molar-refractivity contribution in [2.75, 3.05) is 7.11 Å². The van der Waals surface area contributed by atoms with Crippen LogP contribution < -0.4 is 4.74 Å². The lowest BCUT2D eigenvalue weighted by Crippen LogP contribution is -2.10. The molecule has 3 aromatic heterocycles. The van der Waals surface area contributed by atoms with Gasteiger partial charge in [-0.3, -0.25) is 15.0 Å². The molecule has 0 saturated heterocycles. The maximum atomic E-state index is 5.14. The third kappa shape index (κ3) is 34.3. The van der Waals surface area contributed by atoms with Gasteiger partial charge in [-0.1, -0.05) is 394 Å². The minimum absolute atomic E-state index is 0.226. The fourth-order valence-corrected chi connectivity index (χ4v) is 13.6. The summed E-state index contributed by atoms with van der Waals surface area (Å²) < 4.78 is 5.14. The van der Waals surface area contributed by atoms with Gasteiger partial charge in [-0.15, -0.1) is 0 Å². The van der Waals surface area contributed by atoms with Crippen molar-refractivity contribution in [1.82, 2.24) is 15.0 Å². The van der Waals surface area contributed by atoms with Crippen molar-refractivity contribution in [2.24, 2.45) is 0 Å². The molecule has 0 saturated carbocycles. The largest absolute Gasteiger partial charge is 0.497 e. The third-order valence-corrected chi connectivity index (χ3v) is 19.9. The first-order chi connectivity index (χ1) is 57.3. The second-order valence-corrected chi connectivity index (χ2v) is 31.4. The molecule has 596 valence electrons. The monoisotopic (exact) mass is 1550 g/mol. The van der Waals surface area contributed by atoms with E-state index in [2.05, 4.69) is 419 Å². The van der Waals surface area contributed by atoms with Gasteiger partial charge < -0.3 is 4.74 Å². The molecule has 16 rings (SSSR count). The smallest absolute Gasteiger partial charge is 0.118 e. The summed E-state index contributed by atoms with van der Waals surface area (Å²) >= 11 is 0. The molecule has 0 aliphatic carbocycles. The number of nitrogens with zero attached hydrogens (tertiary/aromatic N) is 3. The summed E-state index contributed by atoms with van der Waals surface area (Å²) in [4.78, 5) is 13.0. The van der Waals surface area contributed by atoms with E-state index in [-0.39, 0.29) is 5.41 Å². The lowest BCUT2D eigenvalue weighted by molar-refractivity contribution is 0.414. The number of benzene rings is 13.